The Bertz CT molecular complexity index is 801. The summed E-state index contributed by atoms with van der Waals surface area (Å²) < 4.78 is 15.2. The number of hydrogen-bond donors (Lipinski definition) is 1. The van der Waals surface area contributed by atoms with Crippen LogP contribution in [0.15, 0.2) is 47.3 Å². The molecule has 0 bridgehead atoms. The minimum Gasteiger partial charge on any atom is -0.303 e. The second kappa shape index (κ2) is 4.39. The maximum Gasteiger partial charge on any atom is 0.326 e. The van der Waals surface area contributed by atoms with Crippen LogP contribution in [0.2, 0.25) is 0 Å². The second-order valence-electron chi connectivity index (χ2n) is 4.58. The van der Waals surface area contributed by atoms with Crippen LogP contribution >= 0.6 is 0 Å². The Kier molecular flexibility index (Phi) is 2.71. The Morgan fingerprint density at radius 2 is 1.95 bits per heavy atom. The smallest absolute Gasteiger partial charge is 0.303 e. The third-order valence-corrected chi connectivity index (χ3v) is 3.35. The number of rotatable bonds is 2. The number of fused-ring (bicyclic) bond motifs is 1. The van der Waals surface area contributed by atoms with E-state index in [1.165, 1.54) is 6.07 Å². The van der Waals surface area contributed by atoms with Crippen LogP contribution in [0.25, 0.3) is 11.0 Å². The molecule has 1 heterocycles. The zero-order valence-corrected chi connectivity index (χ0v) is 10.5. The van der Waals surface area contributed by atoms with Gasteiger partial charge in [0.15, 0.2) is 0 Å². The highest BCUT2D eigenvalue weighted by Gasteiger charge is 2.10. The number of aromatic amines is 1. The minimum atomic E-state index is -0.405. The number of aromatic nitrogens is 2. The summed E-state index contributed by atoms with van der Waals surface area (Å²) in [6.45, 7) is 2.44. The molecule has 1 N–H and O–H groups in total. The van der Waals surface area contributed by atoms with Gasteiger partial charge in [0.2, 0.25) is 0 Å². The molecule has 4 heteroatoms. The van der Waals surface area contributed by atoms with Gasteiger partial charge in [0, 0.05) is 0 Å². The number of halogens is 1. The molecule has 0 saturated carbocycles. The van der Waals surface area contributed by atoms with E-state index in [1.54, 1.807) is 16.7 Å². The lowest BCUT2D eigenvalue weighted by Crippen LogP contribution is -2.17. The number of nitrogens with zero attached hydrogens (tertiary/aromatic N) is 1. The van der Waals surface area contributed by atoms with Crippen LogP contribution in [0.3, 0.4) is 0 Å². The molecule has 19 heavy (non-hydrogen) atoms. The summed E-state index contributed by atoms with van der Waals surface area (Å²) in [7, 11) is 0. The topological polar surface area (TPSA) is 37.8 Å². The number of para-hydroxylation sites is 1. The third-order valence-electron chi connectivity index (χ3n) is 3.35. The minimum absolute atomic E-state index is 0.265. The fraction of sp³-hybridized carbons (Fsp3) is 0.133. The highest BCUT2D eigenvalue weighted by molar-refractivity contribution is 5.75. The van der Waals surface area contributed by atoms with E-state index < -0.39 is 5.82 Å². The van der Waals surface area contributed by atoms with Gasteiger partial charge in [0.1, 0.15) is 11.3 Å². The Balaban J connectivity index is 2.16. The molecule has 96 valence electrons. The lowest BCUT2D eigenvalue weighted by Gasteiger charge is -2.06. The summed E-state index contributed by atoms with van der Waals surface area (Å²) in [5.41, 5.74) is 2.73. The van der Waals surface area contributed by atoms with Crippen LogP contribution in [-0.4, -0.2) is 9.55 Å². The van der Waals surface area contributed by atoms with Gasteiger partial charge in [-0.25, -0.2) is 9.18 Å². The predicted octanol–water partition coefficient (Wildman–Crippen LogP) is 2.83. The van der Waals surface area contributed by atoms with Crippen LogP contribution in [-0.2, 0) is 6.54 Å². The number of nitrogens with one attached hydrogen (secondary N) is 1. The average molecular weight is 256 g/mol. The normalized spacial score (nSPS) is 11.1. The monoisotopic (exact) mass is 256 g/mol. The van der Waals surface area contributed by atoms with E-state index in [9.17, 15) is 9.18 Å². The van der Waals surface area contributed by atoms with Crippen molar-refractivity contribution in [2.24, 2.45) is 0 Å². The number of H-pyrrole nitrogens is 1. The van der Waals surface area contributed by atoms with Crippen molar-refractivity contribution in [1.82, 2.24) is 9.55 Å². The van der Waals surface area contributed by atoms with E-state index in [0.29, 0.717) is 12.1 Å². The highest BCUT2D eigenvalue weighted by Crippen LogP contribution is 2.16. The van der Waals surface area contributed by atoms with E-state index in [1.807, 2.05) is 31.2 Å². The third kappa shape index (κ3) is 1.95. The van der Waals surface area contributed by atoms with E-state index in [0.717, 1.165) is 11.1 Å². The molecule has 0 aliphatic rings. The van der Waals surface area contributed by atoms with E-state index in [-0.39, 0.29) is 11.2 Å². The van der Waals surface area contributed by atoms with E-state index in [2.05, 4.69) is 4.98 Å². The molecule has 3 rings (SSSR count). The molecule has 0 saturated heterocycles. The number of benzene rings is 2. The molecule has 0 aliphatic carbocycles. The van der Waals surface area contributed by atoms with Crippen molar-refractivity contribution in [3.63, 3.8) is 0 Å². The summed E-state index contributed by atoms with van der Waals surface area (Å²) >= 11 is 0. The number of hydrogen-bond acceptors (Lipinski definition) is 1. The van der Waals surface area contributed by atoms with Gasteiger partial charge in [0.05, 0.1) is 12.1 Å². The SMILES string of the molecule is Cc1ccccc1Cn1c(=O)[nH]c2c(F)cccc21. The molecule has 0 unspecified atom stereocenters. The van der Waals surface area contributed by atoms with Crippen molar-refractivity contribution >= 4 is 11.0 Å². The van der Waals surface area contributed by atoms with Crippen molar-refractivity contribution in [2.45, 2.75) is 13.5 Å². The molecule has 0 radical (unpaired) electrons. The Hall–Kier alpha value is -2.36. The Morgan fingerprint density at radius 3 is 2.74 bits per heavy atom. The summed E-state index contributed by atoms with van der Waals surface area (Å²) in [5.74, 6) is -0.405. The molecular weight excluding hydrogens is 243 g/mol. The zero-order valence-electron chi connectivity index (χ0n) is 10.5. The number of aryl methyl sites for hydroxylation is 1. The molecular formula is C15H13FN2O. The lowest BCUT2D eigenvalue weighted by molar-refractivity contribution is 0.637. The maximum atomic E-state index is 13.6. The van der Waals surface area contributed by atoms with Gasteiger partial charge in [-0.2, -0.15) is 0 Å². The Morgan fingerprint density at radius 1 is 1.16 bits per heavy atom. The summed E-state index contributed by atoms with van der Waals surface area (Å²) in [5, 5.41) is 0. The largest absolute Gasteiger partial charge is 0.326 e. The van der Waals surface area contributed by atoms with Crippen LogP contribution in [0.1, 0.15) is 11.1 Å². The van der Waals surface area contributed by atoms with E-state index >= 15 is 0 Å². The first kappa shape index (κ1) is 11.7. The summed E-state index contributed by atoms with van der Waals surface area (Å²) in [6.07, 6.45) is 0. The van der Waals surface area contributed by atoms with Gasteiger partial charge >= 0.3 is 5.69 Å². The summed E-state index contributed by atoms with van der Waals surface area (Å²) in [6, 6.07) is 12.6. The Labute approximate surface area is 109 Å². The van der Waals surface area contributed by atoms with Crippen LogP contribution in [0, 0.1) is 12.7 Å². The highest BCUT2D eigenvalue weighted by atomic mass is 19.1. The average Bonchev–Trinajstić information content (AvgIpc) is 2.71. The fourth-order valence-electron chi connectivity index (χ4n) is 2.26. The van der Waals surface area contributed by atoms with Gasteiger partial charge in [-0.1, -0.05) is 30.3 Å². The molecule has 0 amide bonds. The van der Waals surface area contributed by atoms with Gasteiger partial charge in [-0.3, -0.25) is 4.57 Å². The molecule has 2 aromatic carbocycles. The second-order valence-corrected chi connectivity index (χ2v) is 4.58. The van der Waals surface area contributed by atoms with Gasteiger partial charge in [-0.15, -0.1) is 0 Å². The molecule has 3 nitrogen and oxygen atoms in total. The standard InChI is InChI=1S/C15H13FN2O/c1-10-5-2-3-6-11(10)9-18-13-8-4-7-12(16)14(13)17-15(18)19/h2-8H,9H2,1H3,(H,17,19). The first-order valence-electron chi connectivity index (χ1n) is 6.08. The van der Waals surface area contributed by atoms with Crippen molar-refractivity contribution < 1.29 is 4.39 Å². The number of imidazole rings is 1. The maximum absolute atomic E-state index is 13.6. The van der Waals surface area contributed by atoms with Crippen molar-refractivity contribution in [2.75, 3.05) is 0 Å². The van der Waals surface area contributed by atoms with Crippen molar-refractivity contribution in [3.8, 4) is 0 Å². The molecule has 3 aromatic rings. The van der Waals surface area contributed by atoms with E-state index in [4.69, 9.17) is 0 Å². The van der Waals surface area contributed by atoms with Crippen LogP contribution in [0.5, 0.6) is 0 Å². The lowest BCUT2D eigenvalue weighted by atomic mass is 10.1. The summed E-state index contributed by atoms with van der Waals surface area (Å²) in [4.78, 5) is 14.5. The van der Waals surface area contributed by atoms with Crippen molar-refractivity contribution in [3.05, 3.63) is 69.9 Å². The fourth-order valence-corrected chi connectivity index (χ4v) is 2.26. The van der Waals surface area contributed by atoms with Crippen molar-refractivity contribution in [1.29, 1.82) is 0 Å². The predicted molar refractivity (Wildman–Crippen MR) is 72.8 cm³/mol. The first-order chi connectivity index (χ1) is 9.16. The quantitative estimate of drug-likeness (QED) is 0.752. The molecule has 0 atom stereocenters. The van der Waals surface area contributed by atoms with Gasteiger partial charge in [0.25, 0.3) is 0 Å². The van der Waals surface area contributed by atoms with Gasteiger partial charge in [-0.05, 0) is 30.2 Å². The van der Waals surface area contributed by atoms with Gasteiger partial charge < -0.3 is 4.98 Å². The molecule has 0 spiro atoms. The van der Waals surface area contributed by atoms with Crippen LogP contribution < -0.4 is 5.69 Å². The molecule has 0 fully saturated rings. The molecule has 0 aliphatic heterocycles. The first-order valence-corrected chi connectivity index (χ1v) is 6.08. The van der Waals surface area contributed by atoms with Crippen LogP contribution in [0.4, 0.5) is 4.39 Å². The zero-order chi connectivity index (χ0) is 13.4. The molecule has 1 aromatic heterocycles.